The first kappa shape index (κ1) is 12.0. The van der Waals surface area contributed by atoms with Crippen LogP contribution < -0.4 is 5.73 Å². The zero-order valence-electron chi connectivity index (χ0n) is 8.66. The van der Waals surface area contributed by atoms with Gasteiger partial charge in [-0.1, -0.05) is 17.7 Å². The van der Waals surface area contributed by atoms with Gasteiger partial charge in [0.05, 0.1) is 6.10 Å². The predicted molar refractivity (Wildman–Crippen MR) is 59.4 cm³/mol. The van der Waals surface area contributed by atoms with Crippen molar-refractivity contribution in [3.8, 4) is 0 Å². The number of halogens is 1. The highest BCUT2D eigenvalue weighted by molar-refractivity contribution is 6.25. The molecule has 0 aromatic rings. The second-order valence-corrected chi connectivity index (χ2v) is 3.88. The molecule has 1 fully saturated rings. The number of methoxy groups -OCH3 is 1. The molecule has 2 unspecified atom stereocenters. The fourth-order valence-corrected chi connectivity index (χ4v) is 2.02. The molecule has 3 nitrogen and oxygen atoms in total. The minimum atomic E-state index is 0.375. The van der Waals surface area contributed by atoms with Crippen molar-refractivity contribution in [2.24, 2.45) is 5.73 Å². The number of ether oxygens (including phenoxy) is 1. The fraction of sp³-hybridized carbons (Fsp3) is 0.800. The Hall–Kier alpha value is -0.0900. The highest BCUT2D eigenvalue weighted by Crippen LogP contribution is 2.18. The van der Waals surface area contributed by atoms with Crippen LogP contribution in [0.5, 0.6) is 0 Å². The van der Waals surface area contributed by atoms with Crippen LogP contribution in [0.3, 0.4) is 0 Å². The van der Waals surface area contributed by atoms with Gasteiger partial charge in [0, 0.05) is 38.3 Å². The monoisotopic (exact) mass is 218 g/mol. The lowest BCUT2D eigenvalue weighted by Gasteiger charge is -2.37. The molecule has 82 valence electrons. The SMILES string of the molecule is COC1CCN(C/C=C/Cl)C(CN)C1. The smallest absolute Gasteiger partial charge is 0.0599 e. The highest BCUT2D eigenvalue weighted by Gasteiger charge is 2.26. The summed E-state index contributed by atoms with van der Waals surface area (Å²) in [6.07, 6.45) is 4.45. The number of likely N-dealkylation sites (tertiary alicyclic amines) is 1. The third-order valence-corrected chi connectivity index (χ3v) is 3.00. The van der Waals surface area contributed by atoms with E-state index in [0.717, 1.165) is 25.9 Å². The van der Waals surface area contributed by atoms with Crippen LogP contribution in [0.4, 0.5) is 0 Å². The maximum Gasteiger partial charge on any atom is 0.0599 e. The summed E-state index contributed by atoms with van der Waals surface area (Å²) in [6, 6.07) is 0.432. The van der Waals surface area contributed by atoms with Gasteiger partial charge in [0.1, 0.15) is 0 Å². The van der Waals surface area contributed by atoms with Crippen LogP contribution in [-0.4, -0.2) is 43.8 Å². The van der Waals surface area contributed by atoms with Crippen molar-refractivity contribution >= 4 is 11.6 Å². The summed E-state index contributed by atoms with van der Waals surface area (Å²) in [4.78, 5) is 2.36. The van der Waals surface area contributed by atoms with E-state index in [2.05, 4.69) is 4.90 Å². The van der Waals surface area contributed by atoms with Gasteiger partial charge >= 0.3 is 0 Å². The molecule has 1 aliphatic rings. The second kappa shape index (κ2) is 6.40. The first-order valence-corrected chi connectivity index (χ1v) is 5.47. The Labute approximate surface area is 90.8 Å². The van der Waals surface area contributed by atoms with Gasteiger partial charge in [0.2, 0.25) is 0 Å². The lowest BCUT2D eigenvalue weighted by Crippen LogP contribution is -2.48. The minimum absolute atomic E-state index is 0.375. The summed E-state index contributed by atoms with van der Waals surface area (Å²) in [5.41, 5.74) is 7.29. The van der Waals surface area contributed by atoms with Gasteiger partial charge in [-0.3, -0.25) is 4.90 Å². The molecule has 0 saturated carbocycles. The minimum Gasteiger partial charge on any atom is -0.381 e. The van der Waals surface area contributed by atoms with Gasteiger partial charge in [-0.2, -0.15) is 0 Å². The number of nitrogens with two attached hydrogens (primary N) is 1. The Morgan fingerprint density at radius 3 is 3.00 bits per heavy atom. The van der Waals surface area contributed by atoms with Crippen LogP contribution in [0, 0.1) is 0 Å². The van der Waals surface area contributed by atoms with Crippen molar-refractivity contribution in [3.05, 3.63) is 11.6 Å². The quantitative estimate of drug-likeness (QED) is 0.770. The number of hydrogen-bond donors (Lipinski definition) is 1. The number of rotatable bonds is 4. The molecule has 14 heavy (non-hydrogen) atoms. The van der Waals surface area contributed by atoms with Crippen LogP contribution in [0.25, 0.3) is 0 Å². The van der Waals surface area contributed by atoms with Crippen molar-refractivity contribution in [1.82, 2.24) is 4.90 Å². The Bertz CT molecular complexity index is 187. The molecule has 0 aromatic carbocycles. The molecule has 2 N–H and O–H groups in total. The summed E-state index contributed by atoms with van der Waals surface area (Å²) in [6.45, 7) is 2.62. The Morgan fingerprint density at radius 1 is 1.64 bits per heavy atom. The summed E-state index contributed by atoms with van der Waals surface area (Å²) in [5.74, 6) is 0. The highest BCUT2D eigenvalue weighted by atomic mass is 35.5. The first-order chi connectivity index (χ1) is 6.81. The van der Waals surface area contributed by atoms with Crippen molar-refractivity contribution < 1.29 is 4.74 Å². The van der Waals surface area contributed by atoms with Crippen molar-refractivity contribution in [2.75, 3.05) is 26.7 Å². The molecule has 0 radical (unpaired) electrons. The lowest BCUT2D eigenvalue weighted by atomic mass is 9.99. The summed E-state index contributed by atoms with van der Waals surface area (Å²) in [5, 5.41) is 0. The molecule has 2 atom stereocenters. The molecular formula is C10H19ClN2O. The Kier molecular flexibility index (Phi) is 5.48. The predicted octanol–water partition coefficient (Wildman–Crippen LogP) is 1.18. The molecule has 1 saturated heterocycles. The molecule has 1 rings (SSSR count). The van der Waals surface area contributed by atoms with E-state index >= 15 is 0 Å². The van der Waals surface area contributed by atoms with E-state index in [9.17, 15) is 0 Å². The second-order valence-electron chi connectivity index (χ2n) is 3.63. The molecule has 0 aromatic heterocycles. The van der Waals surface area contributed by atoms with Gasteiger partial charge < -0.3 is 10.5 Å². The van der Waals surface area contributed by atoms with Crippen molar-refractivity contribution in [3.63, 3.8) is 0 Å². The van der Waals surface area contributed by atoms with Crippen LogP contribution >= 0.6 is 11.6 Å². The van der Waals surface area contributed by atoms with Crippen LogP contribution in [0.2, 0.25) is 0 Å². The zero-order valence-corrected chi connectivity index (χ0v) is 9.41. The van der Waals surface area contributed by atoms with E-state index in [0.29, 0.717) is 18.7 Å². The maximum absolute atomic E-state index is 5.73. The van der Waals surface area contributed by atoms with Gasteiger partial charge in [0.25, 0.3) is 0 Å². The third kappa shape index (κ3) is 3.24. The molecule has 4 heteroatoms. The lowest BCUT2D eigenvalue weighted by molar-refractivity contribution is 0.0177. The first-order valence-electron chi connectivity index (χ1n) is 5.04. The van der Waals surface area contributed by atoms with E-state index in [1.807, 2.05) is 6.08 Å². The molecule has 0 spiro atoms. The Morgan fingerprint density at radius 2 is 2.43 bits per heavy atom. The van der Waals surface area contributed by atoms with Gasteiger partial charge in [-0.15, -0.1) is 0 Å². The number of piperidine rings is 1. The summed E-state index contributed by atoms with van der Waals surface area (Å²) < 4.78 is 5.35. The third-order valence-electron chi connectivity index (χ3n) is 2.82. The van der Waals surface area contributed by atoms with E-state index in [4.69, 9.17) is 22.1 Å². The van der Waals surface area contributed by atoms with E-state index in [-0.39, 0.29) is 0 Å². The summed E-state index contributed by atoms with van der Waals surface area (Å²) >= 11 is 5.50. The fourth-order valence-electron chi connectivity index (χ4n) is 1.94. The average molecular weight is 219 g/mol. The van der Waals surface area contributed by atoms with Gasteiger partial charge in [-0.05, 0) is 12.8 Å². The topological polar surface area (TPSA) is 38.5 Å². The van der Waals surface area contributed by atoms with E-state index in [1.165, 1.54) is 0 Å². The number of hydrogen-bond acceptors (Lipinski definition) is 3. The largest absolute Gasteiger partial charge is 0.381 e. The average Bonchev–Trinajstić information content (AvgIpc) is 2.26. The molecule has 0 aliphatic carbocycles. The molecule has 0 amide bonds. The summed E-state index contributed by atoms with van der Waals surface area (Å²) in [7, 11) is 1.77. The van der Waals surface area contributed by atoms with Crippen LogP contribution in [-0.2, 0) is 4.74 Å². The van der Waals surface area contributed by atoms with Gasteiger partial charge in [-0.25, -0.2) is 0 Å². The molecule has 1 aliphatic heterocycles. The normalized spacial score (nSPS) is 29.9. The standard InChI is InChI=1S/C10H19ClN2O/c1-14-10-3-6-13(5-2-4-11)9(7-10)8-12/h2,4,9-10H,3,5-8,12H2,1H3/b4-2+. The zero-order chi connectivity index (χ0) is 10.4. The molecule has 0 bridgehead atoms. The van der Waals surface area contributed by atoms with Crippen LogP contribution in [0.15, 0.2) is 11.6 Å². The number of nitrogens with zero attached hydrogens (tertiary/aromatic N) is 1. The van der Waals surface area contributed by atoms with E-state index < -0.39 is 0 Å². The Balaban J connectivity index is 2.43. The maximum atomic E-state index is 5.73. The molecule has 1 heterocycles. The van der Waals surface area contributed by atoms with Crippen molar-refractivity contribution in [2.45, 2.75) is 25.0 Å². The van der Waals surface area contributed by atoms with Gasteiger partial charge in [0.15, 0.2) is 0 Å². The van der Waals surface area contributed by atoms with Crippen LogP contribution in [0.1, 0.15) is 12.8 Å². The van der Waals surface area contributed by atoms with E-state index in [1.54, 1.807) is 12.6 Å². The van der Waals surface area contributed by atoms with Crippen molar-refractivity contribution in [1.29, 1.82) is 0 Å². The molecular weight excluding hydrogens is 200 g/mol.